The minimum atomic E-state index is 0.461. The highest BCUT2D eigenvalue weighted by atomic mass is 79.9. The second-order valence-corrected chi connectivity index (χ2v) is 8.82. The molecule has 2 atom stereocenters. The number of nitrogens with one attached hydrogen (secondary N) is 1. The van der Waals surface area contributed by atoms with E-state index in [2.05, 4.69) is 59.0 Å². The molecule has 1 saturated heterocycles. The van der Waals surface area contributed by atoms with Crippen molar-refractivity contribution >= 4 is 39.0 Å². The Kier molecular flexibility index (Phi) is 4.38. The van der Waals surface area contributed by atoms with E-state index >= 15 is 0 Å². The van der Waals surface area contributed by atoms with Crippen LogP contribution >= 0.6 is 39.0 Å². The van der Waals surface area contributed by atoms with Gasteiger partial charge in [-0.15, -0.1) is 11.3 Å². The molecule has 90 valence electrons. The van der Waals surface area contributed by atoms with Gasteiger partial charge < -0.3 is 5.32 Å². The minimum absolute atomic E-state index is 0.461. The number of thioether (sulfide) groups is 1. The van der Waals surface area contributed by atoms with E-state index in [1.54, 1.807) is 0 Å². The SMILES string of the molecule is CC(NCC1(C)CCCS1)c1ccc(Br)s1. The third kappa shape index (κ3) is 3.25. The van der Waals surface area contributed by atoms with Crippen molar-refractivity contribution in [2.75, 3.05) is 12.3 Å². The van der Waals surface area contributed by atoms with Gasteiger partial charge in [0.05, 0.1) is 3.79 Å². The number of hydrogen-bond acceptors (Lipinski definition) is 3. The van der Waals surface area contributed by atoms with Gasteiger partial charge in [-0.2, -0.15) is 11.8 Å². The molecule has 1 aromatic heterocycles. The fraction of sp³-hybridized carbons (Fsp3) is 0.667. The Hall–Kier alpha value is 0.490. The van der Waals surface area contributed by atoms with Crippen LogP contribution in [0.1, 0.15) is 37.6 Å². The van der Waals surface area contributed by atoms with Crippen LogP contribution in [0.2, 0.25) is 0 Å². The van der Waals surface area contributed by atoms with Gasteiger partial charge in [0, 0.05) is 22.2 Å². The quantitative estimate of drug-likeness (QED) is 0.880. The van der Waals surface area contributed by atoms with Crippen molar-refractivity contribution in [3.05, 3.63) is 20.8 Å². The van der Waals surface area contributed by atoms with Crippen molar-refractivity contribution in [1.82, 2.24) is 5.32 Å². The number of thiophene rings is 1. The number of hydrogen-bond donors (Lipinski definition) is 1. The molecule has 1 N–H and O–H groups in total. The van der Waals surface area contributed by atoms with Crippen molar-refractivity contribution in [1.29, 1.82) is 0 Å². The summed E-state index contributed by atoms with van der Waals surface area (Å²) in [5.74, 6) is 1.33. The zero-order chi connectivity index (χ0) is 11.6. The van der Waals surface area contributed by atoms with Gasteiger partial charge in [0.2, 0.25) is 0 Å². The maximum atomic E-state index is 3.66. The summed E-state index contributed by atoms with van der Waals surface area (Å²) in [4.78, 5) is 1.42. The lowest BCUT2D eigenvalue weighted by atomic mass is 10.1. The summed E-state index contributed by atoms with van der Waals surface area (Å²) in [6, 6.07) is 4.80. The topological polar surface area (TPSA) is 12.0 Å². The van der Waals surface area contributed by atoms with Crippen molar-refractivity contribution in [2.24, 2.45) is 0 Å². The van der Waals surface area contributed by atoms with Crippen molar-refractivity contribution < 1.29 is 0 Å². The maximum Gasteiger partial charge on any atom is 0.0701 e. The molecular formula is C12H18BrNS2. The largest absolute Gasteiger partial charge is 0.308 e. The average Bonchev–Trinajstić information content (AvgIpc) is 2.85. The third-order valence-corrected chi connectivity index (χ3v) is 6.45. The van der Waals surface area contributed by atoms with E-state index in [1.165, 1.54) is 27.3 Å². The van der Waals surface area contributed by atoms with Gasteiger partial charge in [-0.05, 0) is 60.5 Å². The molecule has 0 aliphatic carbocycles. The Morgan fingerprint density at radius 3 is 2.94 bits per heavy atom. The molecule has 2 heterocycles. The maximum absolute atomic E-state index is 3.66. The van der Waals surface area contributed by atoms with Crippen LogP contribution in [-0.2, 0) is 0 Å². The smallest absolute Gasteiger partial charge is 0.0701 e. The molecule has 1 aliphatic heterocycles. The fourth-order valence-electron chi connectivity index (χ4n) is 2.01. The van der Waals surface area contributed by atoms with Gasteiger partial charge in [0.1, 0.15) is 0 Å². The molecule has 1 fully saturated rings. The van der Waals surface area contributed by atoms with Crippen LogP contribution in [0.15, 0.2) is 15.9 Å². The van der Waals surface area contributed by atoms with Gasteiger partial charge >= 0.3 is 0 Å². The normalized spacial score (nSPS) is 27.2. The molecule has 1 aliphatic rings. The van der Waals surface area contributed by atoms with Gasteiger partial charge in [0.15, 0.2) is 0 Å². The van der Waals surface area contributed by atoms with Gasteiger partial charge in [0.25, 0.3) is 0 Å². The zero-order valence-electron chi connectivity index (χ0n) is 9.75. The molecule has 0 aromatic carbocycles. The van der Waals surface area contributed by atoms with E-state index in [0.29, 0.717) is 10.8 Å². The fourth-order valence-corrected chi connectivity index (χ4v) is 4.71. The Morgan fingerprint density at radius 1 is 1.56 bits per heavy atom. The molecule has 0 saturated carbocycles. The van der Waals surface area contributed by atoms with E-state index in [1.807, 2.05) is 11.3 Å². The summed E-state index contributed by atoms with van der Waals surface area (Å²) in [7, 11) is 0. The first kappa shape index (κ1) is 12.9. The molecule has 4 heteroatoms. The Balaban J connectivity index is 1.86. The van der Waals surface area contributed by atoms with Gasteiger partial charge in [-0.3, -0.25) is 0 Å². The second kappa shape index (κ2) is 5.42. The zero-order valence-corrected chi connectivity index (χ0v) is 13.0. The van der Waals surface area contributed by atoms with Crippen LogP contribution in [0.25, 0.3) is 0 Å². The molecule has 16 heavy (non-hydrogen) atoms. The Labute approximate surface area is 115 Å². The van der Waals surface area contributed by atoms with Gasteiger partial charge in [-0.25, -0.2) is 0 Å². The first-order valence-corrected chi connectivity index (χ1v) is 8.31. The monoisotopic (exact) mass is 319 g/mol. The summed E-state index contributed by atoms with van der Waals surface area (Å²) in [6.45, 7) is 5.75. The molecule has 0 radical (unpaired) electrons. The lowest BCUT2D eigenvalue weighted by molar-refractivity contribution is 0.494. The van der Waals surface area contributed by atoms with Crippen molar-refractivity contribution in [2.45, 2.75) is 37.5 Å². The summed E-state index contributed by atoms with van der Waals surface area (Å²) in [5.41, 5.74) is 0. The molecular weight excluding hydrogens is 302 g/mol. The summed E-state index contributed by atoms with van der Waals surface area (Å²) in [5, 5.41) is 3.66. The summed E-state index contributed by atoms with van der Waals surface area (Å²) in [6.07, 6.45) is 2.73. The minimum Gasteiger partial charge on any atom is -0.308 e. The first-order chi connectivity index (χ1) is 7.59. The van der Waals surface area contributed by atoms with Crippen molar-refractivity contribution in [3.63, 3.8) is 0 Å². The standard InChI is InChI=1S/C12H18BrNS2/c1-9(10-4-5-11(13)16-10)14-8-12(2)6-3-7-15-12/h4-5,9,14H,3,6-8H2,1-2H3. The lowest BCUT2D eigenvalue weighted by Gasteiger charge is -2.25. The molecule has 1 aromatic rings. The highest BCUT2D eigenvalue weighted by Crippen LogP contribution is 2.37. The van der Waals surface area contributed by atoms with Crippen LogP contribution in [0.4, 0.5) is 0 Å². The Morgan fingerprint density at radius 2 is 2.38 bits per heavy atom. The molecule has 2 rings (SSSR count). The van der Waals surface area contributed by atoms with Crippen LogP contribution in [-0.4, -0.2) is 17.0 Å². The second-order valence-electron chi connectivity index (χ2n) is 4.65. The summed E-state index contributed by atoms with van der Waals surface area (Å²) < 4.78 is 1.68. The van der Waals surface area contributed by atoms with E-state index in [-0.39, 0.29) is 0 Å². The Bertz CT molecular complexity index is 345. The van der Waals surface area contributed by atoms with E-state index in [0.717, 1.165) is 6.54 Å². The number of rotatable bonds is 4. The van der Waals surface area contributed by atoms with Crippen LogP contribution in [0.5, 0.6) is 0 Å². The lowest BCUT2D eigenvalue weighted by Crippen LogP contribution is -2.34. The molecule has 0 spiro atoms. The summed E-state index contributed by atoms with van der Waals surface area (Å²) >= 11 is 7.46. The molecule has 0 bridgehead atoms. The predicted octanol–water partition coefficient (Wildman–Crippen LogP) is 4.45. The highest BCUT2D eigenvalue weighted by molar-refractivity contribution is 9.11. The van der Waals surface area contributed by atoms with E-state index in [9.17, 15) is 0 Å². The van der Waals surface area contributed by atoms with E-state index in [4.69, 9.17) is 0 Å². The van der Waals surface area contributed by atoms with Crippen LogP contribution < -0.4 is 5.32 Å². The van der Waals surface area contributed by atoms with E-state index < -0.39 is 0 Å². The van der Waals surface area contributed by atoms with Crippen LogP contribution in [0, 0.1) is 0 Å². The van der Waals surface area contributed by atoms with Gasteiger partial charge in [-0.1, -0.05) is 0 Å². The van der Waals surface area contributed by atoms with Crippen LogP contribution in [0.3, 0.4) is 0 Å². The first-order valence-electron chi connectivity index (χ1n) is 5.72. The predicted molar refractivity (Wildman–Crippen MR) is 78.5 cm³/mol. The average molecular weight is 320 g/mol. The van der Waals surface area contributed by atoms with Crippen molar-refractivity contribution in [3.8, 4) is 0 Å². The molecule has 0 amide bonds. The highest BCUT2D eigenvalue weighted by Gasteiger charge is 2.29. The molecule has 1 nitrogen and oxygen atoms in total. The number of halogens is 1. The third-order valence-electron chi connectivity index (χ3n) is 3.10. The molecule has 2 unspecified atom stereocenters.